The highest BCUT2D eigenvalue weighted by atomic mass is 32.2. The topological polar surface area (TPSA) is 97.1 Å². The number of Topliss-reactive ketones (excluding diaryl/α,β-unsaturated/α-hetero) is 1. The Bertz CT molecular complexity index is 939. The second kappa shape index (κ2) is 8.34. The van der Waals surface area contributed by atoms with Gasteiger partial charge in [0.2, 0.25) is 11.9 Å². The van der Waals surface area contributed by atoms with Gasteiger partial charge in [-0.3, -0.25) is 4.79 Å². The van der Waals surface area contributed by atoms with Gasteiger partial charge in [0.05, 0.1) is 5.25 Å². The quantitative estimate of drug-likeness (QED) is 0.451. The molecule has 3 aromatic rings. The summed E-state index contributed by atoms with van der Waals surface area (Å²) < 4.78 is 1.74. The highest BCUT2D eigenvalue weighted by Crippen LogP contribution is 2.26. The lowest BCUT2D eigenvalue weighted by Gasteiger charge is -2.12. The number of aromatic nitrogens is 5. The molecule has 27 heavy (non-hydrogen) atoms. The van der Waals surface area contributed by atoms with Gasteiger partial charge < -0.3 is 10.6 Å². The molecule has 0 aliphatic heterocycles. The third-order valence-electron chi connectivity index (χ3n) is 3.90. The maximum Gasteiger partial charge on any atom is 0.261 e. The number of ketones is 1. The second-order valence-electron chi connectivity index (χ2n) is 6.04. The maximum absolute atomic E-state index is 12.7. The molecule has 3 rings (SSSR count). The van der Waals surface area contributed by atoms with Crippen molar-refractivity contribution in [2.24, 2.45) is 0 Å². The van der Waals surface area contributed by atoms with E-state index in [0.29, 0.717) is 41.5 Å². The number of aryl methyl sites for hydroxylation is 1. The number of anilines is 2. The zero-order chi connectivity index (χ0) is 19.4. The highest BCUT2D eigenvalue weighted by molar-refractivity contribution is 8.00. The summed E-state index contributed by atoms with van der Waals surface area (Å²) in [6.45, 7) is 9.23. The minimum atomic E-state index is -0.317. The fourth-order valence-electron chi connectivity index (χ4n) is 2.54. The first-order valence-corrected chi connectivity index (χ1v) is 9.79. The molecule has 0 bridgehead atoms. The molecule has 2 N–H and O–H groups in total. The van der Waals surface area contributed by atoms with Crippen LogP contribution in [0.15, 0.2) is 29.4 Å². The van der Waals surface area contributed by atoms with Crippen molar-refractivity contribution in [1.82, 2.24) is 24.6 Å². The zero-order valence-corrected chi connectivity index (χ0v) is 16.7. The van der Waals surface area contributed by atoms with Gasteiger partial charge in [-0.05, 0) is 27.7 Å². The summed E-state index contributed by atoms with van der Waals surface area (Å²) in [5.74, 6) is 1.58. The molecule has 8 nitrogen and oxygen atoms in total. The molecule has 2 aromatic heterocycles. The van der Waals surface area contributed by atoms with Crippen LogP contribution >= 0.6 is 11.8 Å². The molecule has 0 radical (unpaired) electrons. The molecule has 9 heteroatoms. The minimum absolute atomic E-state index is 0.0481. The van der Waals surface area contributed by atoms with E-state index < -0.39 is 0 Å². The standard InChI is InChI=1S/C18H23N7OS/c1-5-19-15-21-16(20-6-2)25-17(22-15)23-24-18(25)27-12(4)14(26)13-9-7-11(3)8-10-13/h7-10,12H,5-6H2,1-4H3,(H2,19,20,21,22,23)/t12-/m0/s1. The van der Waals surface area contributed by atoms with Crippen molar-refractivity contribution < 1.29 is 4.79 Å². The Labute approximate surface area is 162 Å². The molecule has 0 aliphatic carbocycles. The summed E-state index contributed by atoms with van der Waals surface area (Å²) in [5.41, 5.74) is 1.81. The zero-order valence-electron chi connectivity index (χ0n) is 15.9. The molecule has 0 fully saturated rings. The van der Waals surface area contributed by atoms with Crippen LogP contribution in [0.2, 0.25) is 0 Å². The van der Waals surface area contributed by atoms with E-state index in [2.05, 4.69) is 30.8 Å². The number of hydrogen-bond donors (Lipinski definition) is 2. The highest BCUT2D eigenvalue weighted by Gasteiger charge is 2.21. The van der Waals surface area contributed by atoms with Gasteiger partial charge in [-0.25, -0.2) is 4.40 Å². The average molecular weight is 385 g/mol. The number of carbonyl (C=O) groups excluding carboxylic acids is 1. The summed E-state index contributed by atoms with van der Waals surface area (Å²) in [6, 6.07) is 7.59. The van der Waals surface area contributed by atoms with E-state index in [1.54, 1.807) is 4.40 Å². The van der Waals surface area contributed by atoms with Crippen LogP contribution in [-0.4, -0.2) is 48.7 Å². The Morgan fingerprint density at radius 2 is 1.81 bits per heavy atom. The third-order valence-corrected chi connectivity index (χ3v) is 4.95. The van der Waals surface area contributed by atoms with Gasteiger partial charge in [-0.15, -0.1) is 10.2 Å². The van der Waals surface area contributed by atoms with Crippen LogP contribution in [0.4, 0.5) is 11.9 Å². The number of thioether (sulfide) groups is 1. The number of nitrogens with one attached hydrogen (secondary N) is 2. The average Bonchev–Trinajstić information content (AvgIpc) is 3.05. The van der Waals surface area contributed by atoms with E-state index in [1.165, 1.54) is 11.8 Å². The smallest absolute Gasteiger partial charge is 0.261 e. The lowest BCUT2D eigenvalue weighted by atomic mass is 10.1. The van der Waals surface area contributed by atoms with Crippen molar-refractivity contribution in [2.75, 3.05) is 23.7 Å². The van der Waals surface area contributed by atoms with Gasteiger partial charge >= 0.3 is 0 Å². The molecular weight excluding hydrogens is 362 g/mol. The van der Waals surface area contributed by atoms with Crippen molar-refractivity contribution in [1.29, 1.82) is 0 Å². The van der Waals surface area contributed by atoms with Crippen LogP contribution in [-0.2, 0) is 0 Å². The van der Waals surface area contributed by atoms with Crippen molar-refractivity contribution in [3.63, 3.8) is 0 Å². The Kier molecular flexibility index (Phi) is 5.90. The van der Waals surface area contributed by atoms with E-state index in [9.17, 15) is 4.79 Å². The minimum Gasteiger partial charge on any atom is -0.355 e. The van der Waals surface area contributed by atoms with Crippen LogP contribution in [0.25, 0.3) is 5.78 Å². The van der Waals surface area contributed by atoms with Crippen molar-refractivity contribution in [2.45, 2.75) is 38.1 Å². The fraction of sp³-hybridized carbons (Fsp3) is 0.389. The van der Waals surface area contributed by atoms with E-state index in [4.69, 9.17) is 0 Å². The predicted octanol–water partition coefficient (Wildman–Crippen LogP) is 3.05. The summed E-state index contributed by atoms with van der Waals surface area (Å²) in [4.78, 5) is 21.6. The Hall–Kier alpha value is -2.68. The first-order valence-electron chi connectivity index (χ1n) is 8.92. The van der Waals surface area contributed by atoms with Crippen LogP contribution in [0, 0.1) is 6.92 Å². The molecule has 0 saturated heterocycles. The first-order chi connectivity index (χ1) is 13.0. The molecule has 0 unspecified atom stereocenters. The summed E-state index contributed by atoms with van der Waals surface area (Å²) in [6.07, 6.45) is 0. The number of benzene rings is 1. The maximum atomic E-state index is 12.7. The Morgan fingerprint density at radius 3 is 2.48 bits per heavy atom. The number of hydrogen-bond acceptors (Lipinski definition) is 8. The molecule has 0 amide bonds. The van der Waals surface area contributed by atoms with Gasteiger partial charge in [0, 0.05) is 18.7 Å². The first kappa shape index (κ1) is 19.1. The lowest BCUT2D eigenvalue weighted by Crippen LogP contribution is -2.15. The van der Waals surface area contributed by atoms with E-state index in [-0.39, 0.29) is 11.0 Å². The van der Waals surface area contributed by atoms with E-state index >= 15 is 0 Å². The summed E-state index contributed by atoms with van der Waals surface area (Å²) in [7, 11) is 0. The largest absolute Gasteiger partial charge is 0.355 e. The van der Waals surface area contributed by atoms with Gasteiger partial charge in [-0.2, -0.15) is 9.97 Å². The van der Waals surface area contributed by atoms with E-state index in [1.807, 2.05) is 52.0 Å². The van der Waals surface area contributed by atoms with Crippen molar-refractivity contribution in [3.8, 4) is 0 Å². The molecule has 1 aromatic carbocycles. The van der Waals surface area contributed by atoms with Gasteiger partial charge in [0.25, 0.3) is 5.78 Å². The molecule has 2 heterocycles. The van der Waals surface area contributed by atoms with Gasteiger partial charge in [0.1, 0.15) is 0 Å². The number of fused-ring (bicyclic) bond motifs is 1. The summed E-state index contributed by atoms with van der Waals surface area (Å²) >= 11 is 1.35. The van der Waals surface area contributed by atoms with Crippen LogP contribution in [0.3, 0.4) is 0 Å². The number of nitrogens with zero attached hydrogens (tertiary/aromatic N) is 5. The van der Waals surface area contributed by atoms with Crippen molar-refractivity contribution >= 4 is 35.2 Å². The summed E-state index contributed by atoms with van der Waals surface area (Å²) in [5, 5.41) is 14.9. The van der Waals surface area contributed by atoms with Crippen LogP contribution in [0.5, 0.6) is 0 Å². The molecule has 0 spiro atoms. The van der Waals surface area contributed by atoms with Gasteiger partial charge in [-0.1, -0.05) is 41.6 Å². The van der Waals surface area contributed by atoms with Gasteiger partial charge in [0.15, 0.2) is 10.9 Å². The Morgan fingerprint density at radius 1 is 1.11 bits per heavy atom. The molecule has 0 aliphatic rings. The Balaban J connectivity index is 1.89. The molecule has 0 saturated carbocycles. The number of carbonyl (C=O) groups is 1. The third kappa shape index (κ3) is 4.19. The van der Waals surface area contributed by atoms with Crippen LogP contribution < -0.4 is 10.6 Å². The molecule has 142 valence electrons. The lowest BCUT2D eigenvalue weighted by molar-refractivity contribution is 0.0994. The SMILES string of the molecule is CCNc1nc(NCC)n2c(S[C@@H](C)C(=O)c3ccc(C)cc3)nnc2n1. The number of rotatable bonds is 8. The van der Waals surface area contributed by atoms with E-state index in [0.717, 1.165) is 5.56 Å². The monoisotopic (exact) mass is 385 g/mol. The normalized spacial score (nSPS) is 12.1. The van der Waals surface area contributed by atoms with Crippen LogP contribution in [0.1, 0.15) is 36.7 Å². The fourth-order valence-corrected chi connectivity index (χ4v) is 3.47. The molecule has 1 atom stereocenters. The van der Waals surface area contributed by atoms with Crippen molar-refractivity contribution in [3.05, 3.63) is 35.4 Å². The predicted molar refractivity (Wildman–Crippen MR) is 108 cm³/mol. The molecular formula is C18H23N7OS. The second-order valence-corrected chi connectivity index (χ2v) is 7.35.